The molecule has 0 atom stereocenters. The molecule has 1 aromatic carbocycles. The average Bonchev–Trinajstić information content (AvgIpc) is 2.82. The number of aryl methyl sites for hydroxylation is 1. The molecule has 0 saturated heterocycles. The van der Waals surface area contributed by atoms with Crippen LogP contribution in [0.15, 0.2) is 30.3 Å². The Hall–Kier alpha value is -2.56. The molecule has 0 bridgehead atoms. The topological polar surface area (TPSA) is 79.4 Å². The van der Waals surface area contributed by atoms with E-state index in [0.717, 1.165) is 11.3 Å². The normalized spacial score (nSPS) is 10.3. The second-order valence-electron chi connectivity index (χ2n) is 4.47. The third-order valence-electron chi connectivity index (χ3n) is 3.07. The van der Waals surface area contributed by atoms with Gasteiger partial charge in [0.1, 0.15) is 11.4 Å². The molecule has 20 heavy (non-hydrogen) atoms. The number of hydrogen-bond donors (Lipinski definition) is 2. The Labute approximate surface area is 116 Å². The number of carbonyl (C=O) groups is 2. The second-order valence-corrected chi connectivity index (χ2v) is 4.47. The number of aromatic carboxylic acids is 1. The van der Waals surface area contributed by atoms with Gasteiger partial charge in [0.2, 0.25) is 0 Å². The van der Waals surface area contributed by atoms with Crippen molar-refractivity contribution in [1.82, 2.24) is 4.98 Å². The zero-order chi connectivity index (χ0) is 14.7. The van der Waals surface area contributed by atoms with E-state index in [-0.39, 0.29) is 17.9 Å². The number of Topliss-reactive ketones (excluding diaryl/α,β-unsaturated/α-hetero) is 1. The van der Waals surface area contributed by atoms with Gasteiger partial charge in [-0.05, 0) is 30.7 Å². The van der Waals surface area contributed by atoms with Crippen LogP contribution in [0.3, 0.4) is 0 Å². The first kappa shape index (κ1) is 13.9. The van der Waals surface area contributed by atoms with E-state index in [2.05, 4.69) is 4.98 Å². The van der Waals surface area contributed by atoms with E-state index >= 15 is 0 Å². The molecule has 0 saturated carbocycles. The fourth-order valence-corrected chi connectivity index (χ4v) is 1.99. The van der Waals surface area contributed by atoms with Gasteiger partial charge in [-0.1, -0.05) is 12.1 Å². The maximum Gasteiger partial charge on any atom is 0.352 e. The third-order valence-corrected chi connectivity index (χ3v) is 3.07. The van der Waals surface area contributed by atoms with Crippen LogP contribution in [0.1, 0.15) is 32.1 Å². The zero-order valence-electron chi connectivity index (χ0n) is 11.3. The van der Waals surface area contributed by atoms with Gasteiger partial charge in [-0.3, -0.25) is 4.79 Å². The Morgan fingerprint density at radius 2 is 1.90 bits per heavy atom. The van der Waals surface area contributed by atoms with Crippen LogP contribution in [0.25, 0.3) is 0 Å². The molecule has 0 radical (unpaired) electrons. The molecular weight excluding hydrogens is 258 g/mol. The number of H-pyrrole nitrogens is 1. The largest absolute Gasteiger partial charge is 0.497 e. The summed E-state index contributed by atoms with van der Waals surface area (Å²) < 4.78 is 5.05. The van der Waals surface area contributed by atoms with Crippen LogP contribution in [-0.2, 0) is 6.42 Å². The van der Waals surface area contributed by atoms with Crippen LogP contribution in [0, 0.1) is 6.92 Å². The predicted molar refractivity (Wildman–Crippen MR) is 73.5 cm³/mol. The van der Waals surface area contributed by atoms with Crippen LogP contribution in [0.4, 0.5) is 0 Å². The first-order valence-corrected chi connectivity index (χ1v) is 6.10. The summed E-state index contributed by atoms with van der Waals surface area (Å²) >= 11 is 0. The number of carbonyl (C=O) groups excluding carboxylic acids is 1. The zero-order valence-corrected chi connectivity index (χ0v) is 11.3. The highest BCUT2D eigenvalue weighted by atomic mass is 16.5. The van der Waals surface area contributed by atoms with Gasteiger partial charge in [-0.25, -0.2) is 4.79 Å². The number of aromatic amines is 1. The summed E-state index contributed by atoms with van der Waals surface area (Å²) in [4.78, 5) is 25.7. The third kappa shape index (κ3) is 2.88. The summed E-state index contributed by atoms with van der Waals surface area (Å²) in [6.07, 6.45) is 0.224. The molecule has 5 nitrogen and oxygen atoms in total. The molecule has 5 heteroatoms. The van der Waals surface area contributed by atoms with Crippen molar-refractivity contribution in [3.8, 4) is 5.75 Å². The molecule has 2 rings (SSSR count). The van der Waals surface area contributed by atoms with Gasteiger partial charge in [0.05, 0.1) is 7.11 Å². The lowest BCUT2D eigenvalue weighted by Crippen LogP contribution is -2.04. The van der Waals surface area contributed by atoms with Crippen molar-refractivity contribution in [2.75, 3.05) is 7.11 Å². The van der Waals surface area contributed by atoms with Crippen molar-refractivity contribution in [1.29, 1.82) is 0 Å². The number of nitrogens with one attached hydrogen (secondary N) is 1. The van der Waals surface area contributed by atoms with Gasteiger partial charge in [0.15, 0.2) is 5.78 Å². The van der Waals surface area contributed by atoms with Crippen LogP contribution < -0.4 is 4.74 Å². The minimum atomic E-state index is -1.07. The molecule has 0 fully saturated rings. The summed E-state index contributed by atoms with van der Waals surface area (Å²) in [6, 6.07) is 8.59. The maximum absolute atomic E-state index is 12.2. The summed E-state index contributed by atoms with van der Waals surface area (Å²) in [5, 5.41) is 8.90. The van der Waals surface area contributed by atoms with Crippen molar-refractivity contribution < 1.29 is 19.4 Å². The Balaban J connectivity index is 2.16. The molecule has 2 aromatic rings. The summed E-state index contributed by atoms with van der Waals surface area (Å²) in [5.41, 5.74) is 1.87. The van der Waals surface area contributed by atoms with E-state index in [1.165, 1.54) is 6.07 Å². The number of ether oxygens (including phenoxy) is 1. The van der Waals surface area contributed by atoms with Gasteiger partial charge in [-0.2, -0.15) is 0 Å². The van der Waals surface area contributed by atoms with Gasteiger partial charge < -0.3 is 14.8 Å². The van der Waals surface area contributed by atoms with E-state index in [9.17, 15) is 9.59 Å². The minimum Gasteiger partial charge on any atom is -0.497 e. The van der Waals surface area contributed by atoms with E-state index in [1.807, 2.05) is 12.1 Å². The lowest BCUT2D eigenvalue weighted by molar-refractivity contribution is 0.0691. The smallest absolute Gasteiger partial charge is 0.352 e. The Morgan fingerprint density at radius 3 is 2.40 bits per heavy atom. The van der Waals surface area contributed by atoms with E-state index in [0.29, 0.717) is 11.3 Å². The van der Waals surface area contributed by atoms with Gasteiger partial charge in [0, 0.05) is 17.7 Å². The summed E-state index contributed by atoms with van der Waals surface area (Å²) in [7, 11) is 1.58. The molecule has 0 amide bonds. The molecule has 0 aliphatic carbocycles. The van der Waals surface area contributed by atoms with E-state index < -0.39 is 5.97 Å². The number of benzene rings is 1. The van der Waals surface area contributed by atoms with Crippen LogP contribution in [0.5, 0.6) is 5.75 Å². The fourth-order valence-electron chi connectivity index (χ4n) is 1.99. The summed E-state index contributed by atoms with van der Waals surface area (Å²) in [6.45, 7) is 1.69. The van der Waals surface area contributed by atoms with Crippen molar-refractivity contribution in [3.63, 3.8) is 0 Å². The number of methoxy groups -OCH3 is 1. The molecule has 0 unspecified atom stereocenters. The first-order valence-electron chi connectivity index (χ1n) is 6.10. The first-order chi connectivity index (χ1) is 9.51. The standard InChI is InChI=1S/C15H15NO4/c1-9-12(8-13(16-9)15(18)19)14(17)7-10-3-5-11(20-2)6-4-10/h3-6,8,16H,7H2,1-2H3,(H,18,19). The number of hydrogen-bond acceptors (Lipinski definition) is 3. The minimum absolute atomic E-state index is 0.0283. The molecule has 104 valence electrons. The van der Waals surface area contributed by atoms with Gasteiger partial charge >= 0.3 is 5.97 Å². The van der Waals surface area contributed by atoms with E-state index in [4.69, 9.17) is 9.84 Å². The molecule has 1 aromatic heterocycles. The highest BCUT2D eigenvalue weighted by Gasteiger charge is 2.16. The van der Waals surface area contributed by atoms with Crippen molar-refractivity contribution in [3.05, 3.63) is 52.8 Å². The number of carboxylic acid groups (broad SMARTS) is 1. The maximum atomic E-state index is 12.2. The fraction of sp³-hybridized carbons (Fsp3) is 0.200. The van der Waals surface area contributed by atoms with Gasteiger partial charge in [-0.15, -0.1) is 0 Å². The van der Waals surface area contributed by atoms with Crippen LogP contribution in [-0.4, -0.2) is 29.0 Å². The molecule has 0 spiro atoms. The van der Waals surface area contributed by atoms with Gasteiger partial charge in [0.25, 0.3) is 0 Å². The number of ketones is 1. The number of aromatic nitrogens is 1. The number of rotatable bonds is 5. The quantitative estimate of drug-likeness (QED) is 0.820. The van der Waals surface area contributed by atoms with E-state index in [1.54, 1.807) is 26.2 Å². The Kier molecular flexibility index (Phi) is 3.89. The lowest BCUT2D eigenvalue weighted by Gasteiger charge is -2.03. The summed E-state index contributed by atoms with van der Waals surface area (Å²) in [5.74, 6) is -0.458. The van der Waals surface area contributed by atoms with Crippen molar-refractivity contribution in [2.24, 2.45) is 0 Å². The molecule has 1 heterocycles. The predicted octanol–water partition coefficient (Wildman–Crippen LogP) is 2.46. The lowest BCUT2D eigenvalue weighted by atomic mass is 10.0. The molecular formula is C15H15NO4. The molecule has 0 aliphatic heterocycles. The highest BCUT2D eigenvalue weighted by molar-refractivity contribution is 6.00. The second kappa shape index (κ2) is 5.61. The monoisotopic (exact) mass is 273 g/mol. The number of carboxylic acids is 1. The van der Waals surface area contributed by atoms with Crippen LogP contribution >= 0.6 is 0 Å². The molecule has 2 N–H and O–H groups in total. The van der Waals surface area contributed by atoms with Crippen molar-refractivity contribution >= 4 is 11.8 Å². The highest BCUT2D eigenvalue weighted by Crippen LogP contribution is 2.16. The SMILES string of the molecule is COc1ccc(CC(=O)c2cc(C(=O)O)[nH]c2C)cc1. The Bertz CT molecular complexity index is 640. The Morgan fingerprint density at radius 1 is 1.25 bits per heavy atom. The van der Waals surface area contributed by atoms with Crippen LogP contribution in [0.2, 0.25) is 0 Å². The molecule has 0 aliphatic rings. The average molecular weight is 273 g/mol. The van der Waals surface area contributed by atoms with Crippen molar-refractivity contribution in [2.45, 2.75) is 13.3 Å².